The first kappa shape index (κ1) is 10.4. The molecule has 0 aromatic heterocycles. The average Bonchev–Trinajstić information content (AvgIpc) is 3.14. The van der Waals surface area contributed by atoms with Gasteiger partial charge in [0.05, 0.1) is 5.92 Å². The fraction of sp³-hybridized carbons (Fsp3) is 0.462. The van der Waals surface area contributed by atoms with Gasteiger partial charge in [-0.05, 0) is 24.8 Å². The number of ether oxygens (including phenoxy) is 2. The van der Waals surface area contributed by atoms with Crippen molar-refractivity contribution in [3.63, 3.8) is 0 Å². The van der Waals surface area contributed by atoms with Crippen LogP contribution in [0.1, 0.15) is 24.3 Å². The molecule has 2 aliphatic rings. The maximum atomic E-state index is 11.4. The number of carbonyl (C=O) groups is 1. The fourth-order valence-corrected chi connectivity index (χ4v) is 2.36. The van der Waals surface area contributed by atoms with Crippen molar-refractivity contribution in [2.24, 2.45) is 5.92 Å². The zero-order valence-electron chi connectivity index (χ0n) is 9.39. The Bertz CT molecular complexity index is 451. The van der Waals surface area contributed by atoms with Crippen molar-refractivity contribution in [3.05, 3.63) is 23.8 Å². The largest absolute Gasteiger partial charge is 0.486 e. The van der Waals surface area contributed by atoms with E-state index in [0.717, 1.165) is 18.4 Å². The highest BCUT2D eigenvalue weighted by Crippen LogP contribution is 2.47. The van der Waals surface area contributed by atoms with E-state index in [0.29, 0.717) is 24.7 Å². The van der Waals surface area contributed by atoms with Crippen LogP contribution in [0.5, 0.6) is 11.5 Å². The normalized spacial score (nSPS) is 19.8. The fourth-order valence-electron chi connectivity index (χ4n) is 2.36. The average molecular weight is 234 g/mol. The van der Waals surface area contributed by atoms with E-state index in [1.807, 2.05) is 18.2 Å². The third-order valence-corrected chi connectivity index (χ3v) is 3.29. The van der Waals surface area contributed by atoms with Gasteiger partial charge in [-0.2, -0.15) is 0 Å². The Morgan fingerprint density at radius 2 is 2.06 bits per heavy atom. The topological polar surface area (TPSA) is 55.8 Å². The quantitative estimate of drug-likeness (QED) is 0.869. The molecule has 1 heterocycles. The first-order valence-corrected chi connectivity index (χ1v) is 5.88. The Labute approximate surface area is 99.2 Å². The Balaban J connectivity index is 2.03. The van der Waals surface area contributed by atoms with E-state index in [4.69, 9.17) is 9.47 Å². The van der Waals surface area contributed by atoms with Gasteiger partial charge in [-0.3, -0.25) is 4.79 Å². The molecular formula is C13H14O4. The Hall–Kier alpha value is -1.71. The van der Waals surface area contributed by atoms with E-state index >= 15 is 0 Å². The molecule has 0 saturated heterocycles. The van der Waals surface area contributed by atoms with Crippen LogP contribution < -0.4 is 9.47 Å². The maximum Gasteiger partial charge on any atom is 0.311 e. The van der Waals surface area contributed by atoms with Gasteiger partial charge >= 0.3 is 5.97 Å². The SMILES string of the molecule is O=C(O)C(c1cccc2c1OCCO2)C1CC1. The number of hydrogen-bond donors (Lipinski definition) is 1. The van der Waals surface area contributed by atoms with E-state index in [-0.39, 0.29) is 5.92 Å². The molecule has 1 aliphatic heterocycles. The molecule has 4 heteroatoms. The number of carboxylic acid groups (broad SMARTS) is 1. The number of benzene rings is 1. The molecule has 4 nitrogen and oxygen atoms in total. The summed E-state index contributed by atoms with van der Waals surface area (Å²) in [5.74, 6) is 0.324. The third kappa shape index (κ3) is 1.84. The molecule has 1 saturated carbocycles. The standard InChI is InChI=1S/C13H14O4/c14-13(15)11(8-4-5-8)9-2-1-3-10-12(9)17-7-6-16-10/h1-3,8,11H,4-7H2,(H,14,15). The predicted octanol–water partition coefficient (Wildman–Crippen LogP) is 2.04. The summed E-state index contributed by atoms with van der Waals surface area (Å²) in [4.78, 5) is 11.4. The summed E-state index contributed by atoms with van der Waals surface area (Å²) < 4.78 is 11.1. The first-order valence-electron chi connectivity index (χ1n) is 5.88. The lowest BCUT2D eigenvalue weighted by Gasteiger charge is -2.23. The van der Waals surface area contributed by atoms with Gasteiger partial charge in [0.2, 0.25) is 0 Å². The van der Waals surface area contributed by atoms with Crippen LogP contribution in [0.3, 0.4) is 0 Å². The molecule has 1 fully saturated rings. The molecular weight excluding hydrogens is 220 g/mol. The van der Waals surface area contributed by atoms with Crippen LogP contribution in [-0.2, 0) is 4.79 Å². The second-order valence-corrected chi connectivity index (χ2v) is 4.52. The van der Waals surface area contributed by atoms with Crippen LogP contribution in [0, 0.1) is 5.92 Å². The summed E-state index contributed by atoms with van der Waals surface area (Å²) in [6.45, 7) is 1.01. The monoisotopic (exact) mass is 234 g/mol. The summed E-state index contributed by atoms with van der Waals surface area (Å²) in [6, 6.07) is 5.50. The van der Waals surface area contributed by atoms with Crippen molar-refractivity contribution in [2.45, 2.75) is 18.8 Å². The highest BCUT2D eigenvalue weighted by atomic mass is 16.6. The van der Waals surface area contributed by atoms with Gasteiger partial charge in [-0.25, -0.2) is 0 Å². The molecule has 1 N–H and O–H groups in total. The molecule has 1 aromatic rings. The number of hydrogen-bond acceptors (Lipinski definition) is 3. The highest BCUT2D eigenvalue weighted by Gasteiger charge is 2.39. The van der Waals surface area contributed by atoms with Crippen molar-refractivity contribution in [2.75, 3.05) is 13.2 Å². The number of aliphatic carboxylic acids is 1. The molecule has 1 aromatic carbocycles. The maximum absolute atomic E-state index is 11.4. The van der Waals surface area contributed by atoms with Crippen molar-refractivity contribution in [1.29, 1.82) is 0 Å². The van der Waals surface area contributed by atoms with Gasteiger partial charge < -0.3 is 14.6 Å². The van der Waals surface area contributed by atoms with Crippen LogP contribution in [0.15, 0.2) is 18.2 Å². The number of fused-ring (bicyclic) bond motifs is 1. The van der Waals surface area contributed by atoms with E-state index in [9.17, 15) is 9.90 Å². The molecule has 0 amide bonds. The van der Waals surface area contributed by atoms with Gasteiger partial charge in [0.1, 0.15) is 13.2 Å². The summed E-state index contributed by atoms with van der Waals surface area (Å²) >= 11 is 0. The van der Waals surface area contributed by atoms with E-state index < -0.39 is 11.9 Å². The second-order valence-electron chi connectivity index (χ2n) is 4.52. The van der Waals surface area contributed by atoms with E-state index in [1.54, 1.807) is 0 Å². The molecule has 3 rings (SSSR count). The lowest BCUT2D eigenvalue weighted by atomic mass is 9.93. The van der Waals surface area contributed by atoms with Crippen molar-refractivity contribution in [1.82, 2.24) is 0 Å². The second kappa shape index (κ2) is 3.95. The summed E-state index contributed by atoms with van der Waals surface area (Å²) in [7, 11) is 0. The lowest BCUT2D eigenvalue weighted by Crippen LogP contribution is -2.20. The summed E-state index contributed by atoms with van der Waals surface area (Å²) in [6.07, 6.45) is 1.98. The van der Waals surface area contributed by atoms with Gasteiger partial charge in [-0.15, -0.1) is 0 Å². The van der Waals surface area contributed by atoms with E-state index in [2.05, 4.69) is 0 Å². The number of rotatable bonds is 3. The minimum atomic E-state index is -0.768. The van der Waals surface area contributed by atoms with Crippen molar-refractivity contribution < 1.29 is 19.4 Å². The third-order valence-electron chi connectivity index (χ3n) is 3.29. The van der Waals surface area contributed by atoms with Crippen LogP contribution >= 0.6 is 0 Å². The molecule has 1 unspecified atom stereocenters. The molecule has 90 valence electrons. The molecule has 1 aliphatic carbocycles. The first-order chi connectivity index (χ1) is 8.27. The smallest absolute Gasteiger partial charge is 0.311 e. The van der Waals surface area contributed by atoms with Gasteiger partial charge in [-0.1, -0.05) is 12.1 Å². The van der Waals surface area contributed by atoms with E-state index in [1.165, 1.54) is 0 Å². The molecule has 17 heavy (non-hydrogen) atoms. The minimum absolute atomic E-state index is 0.254. The Morgan fingerprint density at radius 1 is 1.29 bits per heavy atom. The highest BCUT2D eigenvalue weighted by molar-refractivity contribution is 5.78. The van der Waals surface area contributed by atoms with Crippen molar-refractivity contribution >= 4 is 5.97 Å². The van der Waals surface area contributed by atoms with Gasteiger partial charge in [0.15, 0.2) is 11.5 Å². The number of carboxylic acids is 1. The van der Waals surface area contributed by atoms with Gasteiger partial charge in [0, 0.05) is 5.56 Å². The molecule has 0 bridgehead atoms. The Morgan fingerprint density at radius 3 is 2.76 bits per heavy atom. The van der Waals surface area contributed by atoms with Crippen molar-refractivity contribution in [3.8, 4) is 11.5 Å². The van der Waals surface area contributed by atoms with Gasteiger partial charge in [0.25, 0.3) is 0 Å². The zero-order chi connectivity index (χ0) is 11.8. The van der Waals surface area contributed by atoms with Crippen LogP contribution in [0.2, 0.25) is 0 Å². The van der Waals surface area contributed by atoms with Crippen LogP contribution in [0.4, 0.5) is 0 Å². The molecule has 0 radical (unpaired) electrons. The minimum Gasteiger partial charge on any atom is -0.486 e. The lowest BCUT2D eigenvalue weighted by molar-refractivity contribution is -0.139. The number of para-hydroxylation sites is 1. The predicted molar refractivity (Wildman–Crippen MR) is 60.5 cm³/mol. The molecule has 0 spiro atoms. The van der Waals surface area contributed by atoms with Crippen LogP contribution in [0.25, 0.3) is 0 Å². The zero-order valence-corrected chi connectivity index (χ0v) is 9.39. The summed E-state index contributed by atoms with van der Waals surface area (Å²) in [5, 5.41) is 9.34. The Kier molecular flexibility index (Phi) is 2.42. The molecule has 1 atom stereocenters. The summed E-state index contributed by atoms with van der Waals surface area (Å²) in [5.41, 5.74) is 0.761. The van der Waals surface area contributed by atoms with Crippen LogP contribution in [-0.4, -0.2) is 24.3 Å².